The molecule has 0 spiro atoms. The van der Waals surface area contributed by atoms with E-state index in [1.165, 1.54) is 24.8 Å². The van der Waals surface area contributed by atoms with Crippen molar-refractivity contribution in [3.63, 3.8) is 0 Å². The van der Waals surface area contributed by atoms with Crippen LogP contribution in [0, 0.1) is 0 Å². The first-order chi connectivity index (χ1) is 20.0. The molecule has 1 fully saturated rings. The number of nitrogens with one attached hydrogen (secondary N) is 1. The number of carbonyl (C=O) groups is 2. The number of aromatic nitrogens is 2. The van der Waals surface area contributed by atoms with E-state index in [9.17, 15) is 22.8 Å². The lowest BCUT2D eigenvalue weighted by atomic mass is 10.0. The maximum Gasteiger partial charge on any atom is 0.490 e. The van der Waals surface area contributed by atoms with Crippen molar-refractivity contribution in [1.82, 2.24) is 19.8 Å². The Morgan fingerprint density at radius 2 is 1.71 bits per heavy atom. The summed E-state index contributed by atoms with van der Waals surface area (Å²) in [5, 5.41) is 11.9. The van der Waals surface area contributed by atoms with E-state index in [0.29, 0.717) is 43.3 Å². The number of hydrogen-bond acceptors (Lipinski definition) is 6. The molecule has 1 aromatic heterocycles. The molecular weight excluding hydrogens is 569 g/mol. The molecule has 2 aliphatic rings. The van der Waals surface area contributed by atoms with Gasteiger partial charge in [0.05, 0.1) is 23.5 Å². The van der Waals surface area contributed by atoms with E-state index >= 15 is 0 Å². The van der Waals surface area contributed by atoms with Crippen LogP contribution >= 0.6 is 11.8 Å². The van der Waals surface area contributed by atoms with Crippen LogP contribution in [-0.2, 0) is 22.6 Å². The van der Waals surface area contributed by atoms with Crippen LogP contribution in [0.5, 0.6) is 0 Å². The highest BCUT2D eigenvalue weighted by Gasteiger charge is 2.38. The molecule has 2 aromatic carbocycles. The standard InChI is InChI=1S/C28H32N4O2S.C2HF3O2/c1-20(21-9-4-2-5-10-21)29-17-15-26(33)31-18-16-25-24(19-31)27(34)32(22-11-6-3-7-12-22)28(30-25)35-23-13-8-14-23;3-2(4,5)1(6)7/h2-7,9-12,20,23,29H,8,13-19H2,1H3;(H,6,7)/t20-;/m0./s1. The quantitative estimate of drug-likeness (QED) is 0.344. The number of hydrogen-bond donors (Lipinski definition) is 2. The predicted molar refractivity (Wildman–Crippen MR) is 154 cm³/mol. The number of para-hydroxylation sites is 1. The molecule has 0 radical (unpaired) electrons. The fourth-order valence-electron chi connectivity index (χ4n) is 4.60. The minimum absolute atomic E-state index is 0.0450. The second-order valence-electron chi connectivity index (χ2n) is 10.2. The molecule has 2 N–H and O–H groups in total. The van der Waals surface area contributed by atoms with Crippen molar-refractivity contribution >= 4 is 23.6 Å². The summed E-state index contributed by atoms with van der Waals surface area (Å²) in [6.45, 7) is 3.64. The molecule has 1 atom stereocenters. The molecule has 5 rings (SSSR count). The van der Waals surface area contributed by atoms with Crippen molar-refractivity contribution in [2.24, 2.45) is 0 Å². The minimum Gasteiger partial charge on any atom is -0.475 e. The number of carboxylic acid groups (broad SMARTS) is 1. The van der Waals surface area contributed by atoms with E-state index in [2.05, 4.69) is 24.4 Å². The van der Waals surface area contributed by atoms with E-state index in [1.807, 2.05) is 53.4 Å². The van der Waals surface area contributed by atoms with Gasteiger partial charge in [0.25, 0.3) is 5.56 Å². The molecule has 1 aliphatic heterocycles. The lowest BCUT2D eigenvalue weighted by Crippen LogP contribution is -2.42. The van der Waals surface area contributed by atoms with Crippen LogP contribution in [0.1, 0.15) is 55.5 Å². The number of fused-ring (bicyclic) bond motifs is 1. The lowest BCUT2D eigenvalue weighted by molar-refractivity contribution is -0.192. The topological polar surface area (TPSA) is 105 Å². The highest BCUT2D eigenvalue weighted by atomic mass is 32.2. The van der Waals surface area contributed by atoms with E-state index in [0.717, 1.165) is 16.5 Å². The minimum atomic E-state index is -5.08. The summed E-state index contributed by atoms with van der Waals surface area (Å²) >= 11 is 1.72. The average molecular weight is 603 g/mol. The zero-order valence-electron chi connectivity index (χ0n) is 23.1. The summed E-state index contributed by atoms with van der Waals surface area (Å²) in [5.74, 6) is -2.69. The average Bonchev–Trinajstić information content (AvgIpc) is 2.95. The first-order valence-electron chi connectivity index (χ1n) is 13.8. The number of carbonyl (C=O) groups excluding carboxylic acids is 1. The third-order valence-electron chi connectivity index (χ3n) is 7.22. The summed E-state index contributed by atoms with van der Waals surface area (Å²) in [5.41, 5.74) is 3.49. The van der Waals surface area contributed by atoms with E-state index in [4.69, 9.17) is 14.9 Å². The zero-order valence-corrected chi connectivity index (χ0v) is 24.0. The molecule has 1 saturated carbocycles. The highest BCUT2D eigenvalue weighted by molar-refractivity contribution is 7.99. The molecule has 0 saturated heterocycles. The number of halogens is 3. The fourth-order valence-corrected chi connectivity index (χ4v) is 5.93. The SMILES string of the molecule is C[C@H](NCCC(=O)N1CCc2nc(SC3CCC3)n(-c3ccccc3)c(=O)c2C1)c1ccccc1.O=C(O)C(F)(F)F. The lowest BCUT2D eigenvalue weighted by Gasteiger charge is -2.30. The van der Waals surface area contributed by atoms with Crippen molar-refractivity contribution < 1.29 is 27.9 Å². The van der Waals surface area contributed by atoms with Crippen molar-refractivity contribution in [3.05, 3.63) is 87.8 Å². The van der Waals surface area contributed by atoms with Gasteiger partial charge in [-0.1, -0.05) is 66.7 Å². The van der Waals surface area contributed by atoms with Crippen LogP contribution in [0.3, 0.4) is 0 Å². The molecule has 224 valence electrons. The summed E-state index contributed by atoms with van der Waals surface area (Å²) in [7, 11) is 0. The van der Waals surface area contributed by atoms with Gasteiger partial charge in [-0.25, -0.2) is 9.78 Å². The number of amides is 1. The van der Waals surface area contributed by atoms with Gasteiger partial charge in [-0.15, -0.1) is 0 Å². The Balaban J connectivity index is 0.000000517. The van der Waals surface area contributed by atoms with Crippen LogP contribution in [0.25, 0.3) is 5.69 Å². The van der Waals surface area contributed by atoms with Crippen LogP contribution in [0.4, 0.5) is 13.2 Å². The maximum atomic E-state index is 13.7. The summed E-state index contributed by atoms with van der Waals surface area (Å²) in [6, 6.07) is 20.1. The Kier molecular flexibility index (Phi) is 10.4. The Bertz CT molecular complexity index is 1430. The van der Waals surface area contributed by atoms with Crippen molar-refractivity contribution in [3.8, 4) is 5.69 Å². The van der Waals surface area contributed by atoms with E-state index in [1.54, 1.807) is 16.3 Å². The number of carboxylic acids is 1. The first kappa shape index (κ1) is 31.3. The second-order valence-corrected chi connectivity index (χ2v) is 11.4. The van der Waals surface area contributed by atoms with Gasteiger partial charge in [-0.05, 0) is 37.5 Å². The third kappa shape index (κ3) is 8.01. The molecule has 42 heavy (non-hydrogen) atoms. The maximum absolute atomic E-state index is 13.7. The Morgan fingerprint density at radius 1 is 1.10 bits per heavy atom. The molecule has 12 heteroatoms. The van der Waals surface area contributed by atoms with E-state index in [-0.39, 0.29) is 17.5 Å². The summed E-state index contributed by atoms with van der Waals surface area (Å²) < 4.78 is 33.5. The Hall–Kier alpha value is -3.64. The largest absolute Gasteiger partial charge is 0.490 e. The third-order valence-corrected chi connectivity index (χ3v) is 8.51. The first-order valence-corrected chi connectivity index (χ1v) is 14.7. The van der Waals surface area contributed by atoms with Crippen molar-refractivity contribution in [2.45, 2.75) is 68.2 Å². The smallest absolute Gasteiger partial charge is 0.475 e. The molecule has 1 aliphatic carbocycles. The van der Waals surface area contributed by atoms with Gasteiger partial charge >= 0.3 is 12.1 Å². The number of nitrogens with zero attached hydrogens (tertiary/aromatic N) is 3. The molecular formula is C30H33F3N4O4S. The highest BCUT2D eigenvalue weighted by Crippen LogP contribution is 2.36. The van der Waals surface area contributed by atoms with Gasteiger partial charge in [0.1, 0.15) is 0 Å². The fraction of sp³-hybridized carbons (Fsp3) is 0.400. The van der Waals surface area contributed by atoms with Crippen molar-refractivity contribution in [2.75, 3.05) is 13.1 Å². The number of alkyl halides is 3. The predicted octanol–water partition coefficient (Wildman–Crippen LogP) is 5.14. The summed E-state index contributed by atoms with van der Waals surface area (Å²) in [4.78, 5) is 42.4. The Morgan fingerprint density at radius 3 is 2.29 bits per heavy atom. The van der Waals surface area contributed by atoms with E-state index < -0.39 is 12.1 Å². The van der Waals surface area contributed by atoms with Gasteiger partial charge in [-0.3, -0.25) is 14.2 Å². The number of benzene rings is 2. The van der Waals surface area contributed by atoms with Gasteiger partial charge < -0.3 is 15.3 Å². The molecule has 2 heterocycles. The van der Waals surface area contributed by atoms with Crippen LogP contribution in [0.15, 0.2) is 70.6 Å². The number of thioether (sulfide) groups is 1. The normalized spacial score (nSPS) is 15.6. The van der Waals surface area contributed by atoms with Crippen molar-refractivity contribution in [1.29, 1.82) is 0 Å². The number of aliphatic carboxylic acids is 1. The molecule has 8 nitrogen and oxygen atoms in total. The zero-order chi connectivity index (χ0) is 30.3. The molecule has 3 aromatic rings. The second kappa shape index (κ2) is 14.0. The van der Waals surface area contributed by atoms with Gasteiger partial charge in [-0.2, -0.15) is 13.2 Å². The van der Waals surface area contributed by atoms with Gasteiger partial charge in [0.15, 0.2) is 5.16 Å². The Labute approximate surface area is 246 Å². The number of rotatable bonds is 8. The molecule has 0 unspecified atom stereocenters. The monoisotopic (exact) mass is 602 g/mol. The van der Waals surface area contributed by atoms with Crippen LogP contribution in [-0.4, -0.2) is 55.9 Å². The summed E-state index contributed by atoms with van der Waals surface area (Å²) in [6.07, 6.45) is -0.466. The van der Waals surface area contributed by atoms with Crippen LogP contribution in [0.2, 0.25) is 0 Å². The molecule has 0 bridgehead atoms. The molecule has 1 amide bonds. The van der Waals surface area contributed by atoms with Gasteiger partial charge in [0.2, 0.25) is 5.91 Å². The van der Waals surface area contributed by atoms with Crippen LogP contribution < -0.4 is 10.9 Å². The van der Waals surface area contributed by atoms with Gasteiger partial charge in [0, 0.05) is 37.2 Å².